The maximum absolute atomic E-state index is 5.69. The standard InChI is InChI=1S/C25H35N3O3/c1-29-23-10-9-20(24(30-2)25(23)31-3)19-26-13-11-22(12-14-26)28-17-15-27(16-18-28)21-7-5-4-6-8-21/h4-10,22H,11-19H2,1-3H3/p+2. The minimum atomic E-state index is 0.692. The predicted molar refractivity (Wildman–Crippen MR) is 123 cm³/mol. The second-order valence-electron chi connectivity index (χ2n) is 8.68. The van der Waals surface area contributed by atoms with Crippen LogP contribution in [-0.4, -0.2) is 66.6 Å². The van der Waals surface area contributed by atoms with Crippen molar-refractivity contribution in [2.45, 2.75) is 25.4 Å². The zero-order chi connectivity index (χ0) is 21.6. The van der Waals surface area contributed by atoms with Gasteiger partial charge in [-0.15, -0.1) is 0 Å². The minimum absolute atomic E-state index is 0.692. The first-order valence-electron chi connectivity index (χ1n) is 11.5. The lowest BCUT2D eigenvalue weighted by atomic mass is 10.0. The van der Waals surface area contributed by atoms with Crippen molar-refractivity contribution in [2.24, 2.45) is 0 Å². The molecule has 2 saturated heterocycles. The van der Waals surface area contributed by atoms with Crippen LogP contribution in [0.4, 0.5) is 5.69 Å². The first kappa shape index (κ1) is 21.8. The molecular formula is C25H37N3O3+2. The minimum Gasteiger partial charge on any atom is -0.493 e. The third-order valence-electron chi connectivity index (χ3n) is 7.02. The van der Waals surface area contributed by atoms with Crippen molar-refractivity contribution in [3.05, 3.63) is 48.0 Å². The highest BCUT2D eigenvalue weighted by Gasteiger charge is 2.33. The SMILES string of the molecule is COc1ccc(C[NH+]2CCC([NH+]3CCN(c4ccccc4)CC3)CC2)c(OC)c1OC. The number of anilines is 1. The van der Waals surface area contributed by atoms with Gasteiger partial charge in [0.05, 0.1) is 72.2 Å². The quantitative estimate of drug-likeness (QED) is 0.681. The normalized spacial score (nSPS) is 22.2. The molecule has 31 heavy (non-hydrogen) atoms. The van der Waals surface area contributed by atoms with Gasteiger partial charge in [-0.25, -0.2) is 0 Å². The summed E-state index contributed by atoms with van der Waals surface area (Å²) in [4.78, 5) is 5.96. The van der Waals surface area contributed by atoms with Crippen molar-refractivity contribution < 1.29 is 24.0 Å². The monoisotopic (exact) mass is 427 g/mol. The summed E-state index contributed by atoms with van der Waals surface area (Å²) in [5.74, 6) is 2.21. The second kappa shape index (κ2) is 10.2. The fourth-order valence-corrected chi connectivity index (χ4v) is 5.28. The van der Waals surface area contributed by atoms with Gasteiger partial charge in [-0.2, -0.15) is 0 Å². The number of rotatable bonds is 7. The third kappa shape index (κ3) is 4.91. The molecular weight excluding hydrogens is 390 g/mol. The van der Waals surface area contributed by atoms with Crippen LogP contribution in [0.1, 0.15) is 18.4 Å². The van der Waals surface area contributed by atoms with Crippen molar-refractivity contribution >= 4 is 5.69 Å². The second-order valence-corrected chi connectivity index (χ2v) is 8.68. The number of nitrogens with one attached hydrogen (secondary N) is 2. The Labute approximate surface area is 186 Å². The van der Waals surface area contributed by atoms with Crippen LogP contribution in [0.2, 0.25) is 0 Å². The Kier molecular flexibility index (Phi) is 7.20. The average Bonchev–Trinajstić information content (AvgIpc) is 2.84. The van der Waals surface area contributed by atoms with Crippen LogP contribution < -0.4 is 28.9 Å². The number of piperidine rings is 1. The molecule has 0 saturated carbocycles. The van der Waals surface area contributed by atoms with E-state index in [-0.39, 0.29) is 0 Å². The summed E-state index contributed by atoms with van der Waals surface area (Å²) in [6.07, 6.45) is 2.59. The van der Waals surface area contributed by atoms with Gasteiger partial charge in [0, 0.05) is 18.5 Å². The van der Waals surface area contributed by atoms with E-state index < -0.39 is 0 Å². The van der Waals surface area contributed by atoms with E-state index in [9.17, 15) is 0 Å². The van der Waals surface area contributed by atoms with Crippen molar-refractivity contribution in [1.29, 1.82) is 0 Å². The highest BCUT2D eigenvalue weighted by molar-refractivity contribution is 5.55. The molecule has 2 aromatic rings. The van der Waals surface area contributed by atoms with E-state index >= 15 is 0 Å². The molecule has 0 unspecified atom stereocenters. The number of piperazine rings is 1. The van der Waals surface area contributed by atoms with Crippen molar-refractivity contribution in [3.8, 4) is 17.2 Å². The lowest BCUT2D eigenvalue weighted by Gasteiger charge is -2.40. The van der Waals surface area contributed by atoms with Gasteiger partial charge in [-0.05, 0) is 24.3 Å². The molecule has 6 heteroatoms. The van der Waals surface area contributed by atoms with Crippen molar-refractivity contribution in [2.75, 3.05) is 65.5 Å². The first-order chi connectivity index (χ1) is 15.2. The van der Waals surface area contributed by atoms with Gasteiger partial charge >= 0.3 is 0 Å². The fourth-order valence-electron chi connectivity index (χ4n) is 5.28. The van der Waals surface area contributed by atoms with E-state index in [4.69, 9.17) is 14.2 Å². The smallest absolute Gasteiger partial charge is 0.203 e. The molecule has 168 valence electrons. The summed E-state index contributed by atoms with van der Waals surface area (Å²) in [6.45, 7) is 8.22. The van der Waals surface area contributed by atoms with Crippen LogP contribution in [0.15, 0.2) is 42.5 Å². The number of hydrogen-bond acceptors (Lipinski definition) is 4. The summed E-state index contributed by atoms with van der Waals surface area (Å²) < 4.78 is 16.7. The zero-order valence-electron chi connectivity index (χ0n) is 19.2. The Morgan fingerprint density at radius 1 is 0.806 bits per heavy atom. The van der Waals surface area contributed by atoms with Crippen LogP contribution in [0.5, 0.6) is 17.2 Å². The molecule has 0 aliphatic carbocycles. The fraction of sp³-hybridized carbons (Fsp3) is 0.520. The van der Waals surface area contributed by atoms with Gasteiger partial charge in [0.25, 0.3) is 0 Å². The Hall–Kier alpha value is -2.44. The largest absolute Gasteiger partial charge is 0.493 e. The number of hydrogen-bond donors (Lipinski definition) is 2. The van der Waals surface area contributed by atoms with Crippen molar-refractivity contribution in [1.82, 2.24) is 0 Å². The van der Waals surface area contributed by atoms with Gasteiger partial charge < -0.3 is 28.9 Å². The molecule has 0 bridgehead atoms. The molecule has 0 spiro atoms. The number of nitrogens with zero attached hydrogens (tertiary/aromatic N) is 1. The Balaban J connectivity index is 1.30. The van der Waals surface area contributed by atoms with Crippen LogP contribution in [0, 0.1) is 0 Å². The Morgan fingerprint density at radius 2 is 1.48 bits per heavy atom. The Bertz CT molecular complexity index is 829. The molecule has 2 aliphatic rings. The molecule has 4 rings (SSSR count). The number of methoxy groups -OCH3 is 3. The van der Waals surface area contributed by atoms with Gasteiger partial charge in [0.2, 0.25) is 5.75 Å². The van der Waals surface area contributed by atoms with E-state index in [1.165, 1.54) is 50.3 Å². The van der Waals surface area contributed by atoms with Gasteiger partial charge in [0.15, 0.2) is 11.5 Å². The van der Waals surface area contributed by atoms with E-state index in [2.05, 4.69) is 41.3 Å². The maximum Gasteiger partial charge on any atom is 0.203 e. The number of likely N-dealkylation sites (tertiary alicyclic amines) is 1. The predicted octanol–water partition coefficient (Wildman–Crippen LogP) is 0.665. The molecule has 6 nitrogen and oxygen atoms in total. The van der Waals surface area contributed by atoms with Gasteiger partial charge in [-0.3, -0.25) is 0 Å². The lowest BCUT2D eigenvalue weighted by molar-refractivity contribution is -0.963. The molecule has 2 N–H and O–H groups in total. The molecule has 0 amide bonds. The molecule has 2 fully saturated rings. The molecule has 0 atom stereocenters. The summed E-state index contributed by atoms with van der Waals surface area (Å²) in [5, 5.41) is 0. The number of para-hydroxylation sites is 1. The van der Waals surface area contributed by atoms with Crippen LogP contribution in [-0.2, 0) is 6.54 Å². The lowest BCUT2D eigenvalue weighted by Crippen LogP contribution is -3.21. The molecule has 2 aliphatic heterocycles. The molecule has 0 aromatic heterocycles. The molecule has 2 aromatic carbocycles. The number of quaternary nitrogens is 2. The highest BCUT2D eigenvalue weighted by atomic mass is 16.5. The molecule has 2 heterocycles. The average molecular weight is 428 g/mol. The van der Waals surface area contributed by atoms with Gasteiger partial charge in [0.1, 0.15) is 6.54 Å². The first-order valence-corrected chi connectivity index (χ1v) is 11.5. The maximum atomic E-state index is 5.69. The summed E-state index contributed by atoms with van der Waals surface area (Å²) in [7, 11) is 5.04. The van der Waals surface area contributed by atoms with E-state index in [0.717, 1.165) is 37.2 Å². The number of benzene rings is 2. The highest BCUT2D eigenvalue weighted by Crippen LogP contribution is 2.39. The summed E-state index contributed by atoms with van der Waals surface area (Å²) in [5.41, 5.74) is 2.56. The van der Waals surface area contributed by atoms with Crippen molar-refractivity contribution in [3.63, 3.8) is 0 Å². The summed E-state index contributed by atoms with van der Waals surface area (Å²) >= 11 is 0. The Morgan fingerprint density at radius 3 is 2.10 bits per heavy atom. The number of ether oxygens (including phenoxy) is 3. The van der Waals surface area contributed by atoms with Crippen LogP contribution in [0.25, 0.3) is 0 Å². The third-order valence-corrected chi connectivity index (χ3v) is 7.02. The van der Waals surface area contributed by atoms with Gasteiger partial charge in [-0.1, -0.05) is 18.2 Å². The summed E-state index contributed by atoms with van der Waals surface area (Å²) in [6, 6.07) is 15.7. The van der Waals surface area contributed by atoms with E-state index in [0.29, 0.717) is 5.75 Å². The zero-order valence-corrected chi connectivity index (χ0v) is 19.2. The van der Waals surface area contributed by atoms with Crippen LogP contribution >= 0.6 is 0 Å². The van der Waals surface area contributed by atoms with Crippen LogP contribution in [0.3, 0.4) is 0 Å². The van der Waals surface area contributed by atoms with E-state index in [1.54, 1.807) is 31.1 Å². The topological polar surface area (TPSA) is 39.8 Å². The molecule has 0 radical (unpaired) electrons. The van der Waals surface area contributed by atoms with E-state index in [1.807, 2.05) is 6.07 Å².